The van der Waals surface area contributed by atoms with Crippen molar-refractivity contribution in [3.05, 3.63) is 59.7 Å². The molecule has 0 aromatic heterocycles. The maximum atomic E-state index is 12.4. The zero-order valence-electron chi connectivity index (χ0n) is 15.8. The van der Waals surface area contributed by atoms with Crippen LogP contribution in [-0.4, -0.2) is 52.1 Å². The van der Waals surface area contributed by atoms with Crippen molar-refractivity contribution >= 4 is 17.5 Å². The van der Waals surface area contributed by atoms with Crippen LogP contribution < -0.4 is 14.8 Å². The van der Waals surface area contributed by atoms with Crippen LogP contribution in [0.4, 0.5) is 5.69 Å². The average molecular weight is 354 g/mol. The van der Waals surface area contributed by atoms with Crippen molar-refractivity contribution in [3.8, 4) is 11.5 Å². The second-order valence-electron chi connectivity index (χ2n) is 6.15. The molecule has 0 atom stereocenters. The molecule has 0 radical (unpaired) electrons. The number of ketones is 1. The van der Waals surface area contributed by atoms with Crippen molar-refractivity contribution in [3.63, 3.8) is 0 Å². The summed E-state index contributed by atoms with van der Waals surface area (Å²) in [6.07, 6.45) is 3.36. The van der Waals surface area contributed by atoms with Crippen molar-refractivity contribution in [1.29, 1.82) is 0 Å². The molecule has 0 aliphatic rings. The second kappa shape index (κ2) is 9.63. The molecule has 0 amide bonds. The number of rotatable bonds is 9. The quantitative estimate of drug-likeness (QED) is 0.551. The molecule has 0 aliphatic heterocycles. The molecule has 0 unspecified atom stereocenters. The Balaban J connectivity index is 2.01. The first-order chi connectivity index (χ1) is 12.5. The van der Waals surface area contributed by atoms with E-state index in [0.717, 1.165) is 24.3 Å². The van der Waals surface area contributed by atoms with Gasteiger partial charge in [0.25, 0.3) is 0 Å². The number of nitrogens with zero attached hydrogens (tertiary/aromatic N) is 1. The Hall–Kier alpha value is -2.79. The van der Waals surface area contributed by atoms with Crippen molar-refractivity contribution in [2.75, 3.05) is 46.7 Å². The standard InChI is InChI=1S/C21H26N2O3/c1-23(2)12-11-22-18-8-5-16(6-9-18)7-10-21(24)17-13-19(25-3)15-20(14-17)26-4/h5-10,13-15,22H,11-12H2,1-4H3. The molecule has 0 saturated carbocycles. The average Bonchev–Trinajstić information content (AvgIpc) is 2.66. The molecule has 1 N–H and O–H groups in total. The van der Waals surface area contributed by atoms with E-state index in [1.54, 1.807) is 44.6 Å². The molecule has 0 heterocycles. The van der Waals surface area contributed by atoms with Crippen LogP contribution in [0.2, 0.25) is 0 Å². The minimum absolute atomic E-state index is 0.101. The number of nitrogens with one attached hydrogen (secondary N) is 1. The zero-order valence-corrected chi connectivity index (χ0v) is 15.8. The van der Waals surface area contributed by atoms with Gasteiger partial charge in [0, 0.05) is 30.4 Å². The van der Waals surface area contributed by atoms with Gasteiger partial charge in [0.1, 0.15) is 11.5 Å². The van der Waals surface area contributed by atoms with Gasteiger partial charge in [-0.2, -0.15) is 0 Å². The molecule has 2 aromatic rings. The molecule has 5 nitrogen and oxygen atoms in total. The Bertz CT molecular complexity index is 730. The third-order valence-electron chi connectivity index (χ3n) is 3.86. The van der Waals surface area contributed by atoms with Crippen LogP contribution in [0.3, 0.4) is 0 Å². The topological polar surface area (TPSA) is 50.8 Å². The van der Waals surface area contributed by atoms with E-state index in [-0.39, 0.29) is 5.78 Å². The normalized spacial score (nSPS) is 11.0. The number of carbonyl (C=O) groups is 1. The number of anilines is 1. The van der Waals surface area contributed by atoms with Crippen LogP contribution in [0.1, 0.15) is 15.9 Å². The fourth-order valence-electron chi connectivity index (χ4n) is 2.35. The zero-order chi connectivity index (χ0) is 18.9. The number of methoxy groups -OCH3 is 2. The second-order valence-corrected chi connectivity index (χ2v) is 6.15. The predicted octanol–water partition coefficient (Wildman–Crippen LogP) is 3.57. The first kappa shape index (κ1) is 19.5. The van der Waals surface area contributed by atoms with Crippen LogP contribution >= 0.6 is 0 Å². The molecule has 0 fully saturated rings. The monoisotopic (exact) mass is 354 g/mol. The van der Waals surface area contributed by atoms with Gasteiger partial charge in [-0.15, -0.1) is 0 Å². The van der Waals surface area contributed by atoms with Crippen LogP contribution in [0, 0.1) is 0 Å². The van der Waals surface area contributed by atoms with E-state index >= 15 is 0 Å². The highest BCUT2D eigenvalue weighted by Gasteiger charge is 2.07. The van der Waals surface area contributed by atoms with Gasteiger partial charge in [-0.3, -0.25) is 4.79 Å². The molecule has 0 saturated heterocycles. The summed E-state index contributed by atoms with van der Waals surface area (Å²) in [6.45, 7) is 1.86. The number of ether oxygens (including phenoxy) is 2. The summed E-state index contributed by atoms with van der Waals surface area (Å²) in [4.78, 5) is 14.5. The number of likely N-dealkylation sites (N-methyl/N-ethyl adjacent to an activating group) is 1. The van der Waals surface area contributed by atoms with Gasteiger partial charge >= 0.3 is 0 Å². The van der Waals surface area contributed by atoms with Crippen LogP contribution in [0.25, 0.3) is 6.08 Å². The Morgan fingerprint density at radius 1 is 1.04 bits per heavy atom. The third kappa shape index (κ3) is 5.93. The van der Waals surface area contributed by atoms with E-state index in [2.05, 4.69) is 10.2 Å². The summed E-state index contributed by atoms with van der Waals surface area (Å²) in [7, 11) is 7.22. The van der Waals surface area contributed by atoms with Gasteiger partial charge in [-0.25, -0.2) is 0 Å². The van der Waals surface area contributed by atoms with Crippen LogP contribution in [0.5, 0.6) is 11.5 Å². The highest BCUT2D eigenvalue weighted by Crippen LogP contribution is 2.23. The molecular formula is C21H26N2O3. The maximum Gasteiger partial charge on any atom is 0.186 e. The number of hydrogen-bond donors (Lipinski definition) is 1. The molecule has 2 rings (SSSR count). The fraction of sp³-hybridized carbons (Fsp3) is 0.286. The summed E-state index contributed by atoms with van der Waals surface area (Å²) in [5, 5.41) is 3.36. The summed E-state index contributed by atoms with van der Waals surface area (Å²) >= 11 is 0. The van der Waals surface area contributed by atoms with Gasteiger partial charge in [-0.1, -0.05) is 18.2 Å². The van der Waals surface area contributed by atoms with Crippen LogP contribution in [0.15, 0.2) is 48.5 Å². The lowest BCUT2D eigenvalue weighted by molar-refractivity contribution is 0.104. The Morgan fingerprint density at radius 2 is 1.65 bits per heavy atom. The Labute approximate surface area is 155 Å². The minimum atomic E-state index is -0.101. The van der Waals surface area contributed by atoms with E-state index in [4.69, 9.17) is 9.47 Å². The van der Waals surface area contributed by atoms with E-state index in [1.165, 1.54) is 0 Å². The van der Waals surface area contributed by atoms with E-state index in [1.807, 2.05) is 38.4 Å². The summed E-state index contributed by atoms with van der Waals surface area (Å²) < 4.78 is 10.4. The smallest absolute Gasteiger partial charge is 0.186 e. The van der Waals surface area contributed by atoms with Crippen LogP contribution in [-0.2, 0) is 0 Å². The van der Waals surface area contributed by atoms with Crippen molar-refractivity contribution in [1.82, 2.24) is 4.90 Å². The van der Waals surface area contributed by atoms with Gasteiger partial charge < -0.3 is 19.7 Å². The van der Waals surface area contributed by atoms with Gasteiger partial charge in [-0.05, 0) is 50.0 Å². The van der Waals surface area contributed by atoms with E-state index in [9.17, 15) is 4.79 Å². The third-order valence-corrected chi connectivity index (χ3v) is 3.86. The lowest BCUT2D eigenvalue weighted by atomic mass is 10.1. The largest absolute Gasteiger partial charge is 0.497 e. The Morgan fingerprint density at radius 3 is 2.19 bits per heavy atom. The van der Waals surface area contributed by atoms with E-state index in [0.29, 0.717) is 17.1 Å². The minimum Gasteiger partial charge on any atom is -0.497 e. The predicted molar refractivity (Wildman–Crippen MR) is 106 cm³/mol. The summed E-state index contributed by atoms with van der Waals surface area (Å²) in [6, 6.07) is 13.1. The van der Waals surface area contributed by atoms with E-state index < -0.39 is 0 Å². The molecule has 0 spiro atoms. The molecule has 2 aromatic carbocycles. The van der Waals surface area contributed by atoms with Crippen molar-refractivity contribution in [2.24, 2.45) is 0 Å². The van der Waals surface area contributed by atoms with Gasteiger partial charge in [0.05, 0.1) is 14.2 Å². The molecule has 26 heavy (non-hydrogen) atoms. The van der Waals surface area contributed by atoms with Gasteiger partial charge in [0.15, 0.2) is 5.78 Å². The molecule has 0 bridgehead atoms. The molecule has 5 heteroatoms. The SMILES string of the molecule is COc1cc(OC)cc(C(=O)C=Cc2ccc(NCCN(C)C)cc2)c1. The number of allylic oxidation sites excluding steroid dienone is 1. The first-order valence-electron chi connectivity index (χ1n) is 8.46. The highest BCUT2D eigenvalue weighted by atomic mass is 16.5. The Kier molecular flexibility index (Phi) is 7.24. The fourth-order valence-corrected chi connectivity index (χ4v) is 2.35. The molecular weight excluding hydrogens is 328 g/mol. The van der Waals surface area contributed by atoms with Crippen molar-refractivity contribution in [2.45, 2.75) is 0 Å². The lowest BCUT2D eigenvalue weighted by Gasteiger charge is -2.11. The molecule has 0 aliphatic carbocycles. The summed E-state index contributed by atoms with van der Waals surface area (Å²) in [5.41, 5.74) is 2.55. The number of benzene rings is 2. The molecule has 138 valence electrons. The first-order valence-corrected chi connectivity index (χ1v) is 8.46. The number of hydrogen-bond acceptors (Lipinski definition) is 5. The number of carbonyl (C=O) groups excluding carboxylic acids is 1. The lowest BCUT2D eigenvalue weighted by Crippen LogP contribution is -2.20. The van der Waals surface area contributed by atoms with Gasteiger partial charge in [0.2, 0.25) is 0 Å². The van der Waals surface area contributed by atoms with Crippen molar-refractivity contribution < 1.29 is 14.3 Å². The highest BCUT2D eigenvalue weighted by molar-refractivity contribution is 6.07. The maximum absolute atomic E-state index is 12.4. The summed E-state index contributed by atoms with van der Waals surface area (Å²) in [5.74, 6) is 1.08.